The van der Waals surface area contributed by atoms with E-state index in [2.05, 4.69) is 0 Å². The quantitative estimate of drug-likeness (QED) is 0.608. The average molecular weight is 188 g/mol. The Balaban J connectivity index is 2.29. The maximum atomic E-state index is 10.6. The predicted molar refractivity (Wildman–Crippen MR) is 43.1 cm³/mol. The van der Waals surface area contributed by atoms with E-state index in [-0.39, 0.29) is 6.61 Å². The van der Waals surface area contributed by atoms with E-state index in [4.69, 9.17) is 15.6 Å². The average Bonchev–Trinajstić information content (AvgIpc) is 1.95. The minimum absolute atomic E-state index is 0.344. The van der Waals surface area contributed by atoms with Gasteiger partial charge in [0.05, 0.1) is 13.1 Å². The number of ether oxygens (including phenoxy) is 1. The van der Waals surface area contributed by atoms with E-state index >= 15 is 0 Å². The minimum Gasteiger partial charge on any atom is -0.480 e. The molecular weight excluding hydrogens is 176 g/mol. The van der Waals surface area contributed by atoms with Crippen LogP contribution in [0.1, 0.15) is 6.92 Å². The van der Waals surface area contributed by atoms with Crippen LogP contribution < -0.4 is 5.73 Å². The molecule has 2 amide bonds. The van der Waals surface area contributed by atoms with Gasteiger partial charge in [-0.2, -0.15) is 0 Å². The van der Waals surface area contributed by atoms with Crippen molar-refractivity contribution < 1.29 is 19.4 Å². The van der Waals surface area contributed by atoms with Crippen molar-refractivity contribution in [3.63, 3.8) is 0 Å². The smallest absolute Gasteiger partial charge is 0.329 e. The van der Waals surface area contributed by atoms with Gasteiger partial charge in [0.2, 0.25) is 0 Å². The Kier molecular flexibility index (Phi) is 2.42. The first-order valence-corrected chi connectivity index (χ1v) is 3.83. The van der Waals surface area contributed by atoms with Crippen molar-refractivity contribution in [1.29, 1.82) is 0 Å². The molecule has 13 heavy (non-hydrogen) atoms. The van der Waals surface area contributed by atoms with Gasteiger partial charge in [-0.1, -0.05) is 0 Å². The van der Waals surface area contributed by atoms with E-state index in [9.17, 15) is 9.59 Å². The lowest BCUT2D eigenvalue weighted by Crippen LogP contribution is -2.64. The molecular formula is C7H12N2O4. The second-order valence-corrected chi connectivity index (χ2v) is 3.33. The van der Waals surface area contributed by atoms with Gasteiger partial charge in [0.15, 0.2) is 0 Å². The normalized spacial score (nSPS) is 19.3. The number of hydrogen-bond donors (Lipinski definition) is 2. The van der Waals surface area contributed by atoms with Crippen molar-refractivity contribution in [1.82, 2.24) is 4.90 Å². The molecule has 6 heteroatoms. The topological polar surface area (TPSA) is 92.9 Å². The van der Waals surface area contributed by atoms with E-state index in [0.717, 1.165) is 0 Å². The van der Waals surface area contributed by atoms with E-state index < -0.39 is 17.6 Å². The minimum atomic E-state index is -1.02. The predicted octanol–water partition coefficient (Wildman–Crippen LogP) is -0.759. The molecule has 0 spiro atoms. The van der Waals surface area contributed by atoms with Crippen LogP contribution in [0.15, 0.2) is 0 Å². The summed E-state index contributed by atoms with van der Waals surface area (Å²) in [5.74, 6) is -1.02. The summed E-state index contributed by atoms with van der Waals surface area (Å²) in [6, 6.07) is -0.503. The van der Waals surface area contributed by atoms with Gasteiger partial charge in [-0.15, -0.1) is 0 Å². The number of carboxylic acids is 1. The Bertz CT molecular complexity index is 229. The van der Waals surface area contributed by atoms with E-state index in [1.165, 1.54) is 4.90 Å². The first kappa shape index (κ1) is 9.79. The molecule has 0 aromatic heterocycles. The van der Waals surface area contributed by atoms with Crippen LogP contribution in [-0.4, -0.2) is 47.3 Å². The molecule has 0 saturated carbocycles. The number of likely N-dealkylation sites (tertiary alicyclic amines) is 1. The van der Waals surface area contributed by atoms with E-state index in [1.54, 1.807) is 6.92 Å². The summed E-state index contributed by atoms with van der Waals surface area (Å²) in [5, 5.41) is 8.34. The van der Waals surface area contributed by atoms with Crippen LogP contribution in [-0.2, 0) is 9.53 Å². The third kappa shape index (κ3) is 2.32. The van der Waals surface area contributed by atoms with Crippen LogP contribution in [0, 0.1) is 0 Å². The highest BCUT2D eigenvalue weighted by molar-refractivity contribution is 5.73. The van der Waals surface area contributed by atoms with E-state index in [1.807, 2.05) is 0 Å². The molecule has 1 aliphatic heterocycles. The Morgan fingerprint density at radius 3 is 2.54 bits per heavy atom. The number of hydrogen-bond acceptors (Lipinski definition) is 3. The molecule has 6 nitrogen and oxygen atoms in total. The number of carbonyl (C=O) groups excluding carboxylic acids is 1. The highest BCUT2D eigenvalue weighted by atomic mass is 16.5. The fourth-order valence-corrected chi connectivity index (χ4v) is 1.24. The van der Waals surface area contributed by atoms with Crippen LogP contribution in [0.25, 0.3) is 0 Å². The SMILES string of the molecule is CC1(OCC(=O)O)CN(C(N)=O)C1. The number of primary amides is 1. The van der Waals surface area contributed by atoms with Crippen molar-refractivity contribution in [3.05, 3.63) is 0 Å². The first-order chi connectivity index (χ1) is 5.93. The molecule has 0 radical (unpaired) electrons. The third-order valence-electron chi connectivity index (χ3n) is 1.91. The summed E-state index contributed by atoms with van der Waals surface area (Å²) in [4.78, 5) is 22.1. The molecule has 1 saturated heterocycles. The van der Waals surface area contributed by atoms with Gasteiger partial charge < -0.3 is 20.5 Å². The van der Waals surface area contributed by atoms with Crippen LogP contribution in [0.5, 0.6) is 0 Å². The molecule has 0 aliphatic carbocycles. The number of urea groups is 1. The zero-order chi connectivity index (χ0) is 10.1. The Morgan fingerprint density at radius 1 is 1.62 bits per heavy atom. The summed E-state index contributed by atoms with van der Waals surface area (Å²) in [5.41, 5.74) is 4.44. The van der Waals surface area contributed by atoms with Gasteiger partial charge in [-0.25, -0.2) is 9.59 Å². The molecule has 1 aliphatic rings. The van der Waals surface area contributed by atoms with Gasteiger partial charge in [-0.3, -0.25) is 0 Å². The van der Waals surface area contributed by atoms with Gasteiger partial charge in [-0.05, 0) is 6.92 Å². The fraction of sp³-hybridized carbons (Fsp3) is 0.714. The summed E-state index contributed by atoms with van der Waals surface area (Å²) in [6.07, 6.45) is 0. The number of aliphatic carboxylic acids is 1. The van der Waals surface area contributed by atoms with Gasteiger partial charge in [0.25, 0.3) is 0 Å². The Labute approximate surface area is 75.3 Å². The maximum absolute atomic E-state index is 10.6. The van der Waals surface area contributed by atoms with Crippen LogP contribution in [0.4, 0.5) is 4.79 Å². The molecule has 0 aromatic rings. The van der Waals surface area contributed by atoms with Crippen LogP contribution in [0.2, 0.25) is 0 Å². The lowest BCUT2D eigenvalue weighted by molar-refractivity contribution is -0.159. The van der Waals surface area contributed by atoms with Crippen molar-refractivity contribution in [3.8, 4) is 0 Å². The van der Waals surface area contributed by atoms with E-state index in [0.29, 0.717) is 13.1 Å². The molecule has 0 bridgehead atoms. The molecule has 3 N–H and O–H groups in total. The summed E-state index contributed by atoms with van der Waals surface area (Å²) >= 11 is 0. The molecule has 1 heterocycles. The second-order valence-electron chi connectivity index (χ2n) is 3.33. The zero-order valence-corrected chi connectivity index (χ0v) is 7.32. The lowest BCUT2D eigenvalue weighted by atomic mass is 9.97. The zero-order valence-electron chi connectivity index (χ0n) is 7.32. The third-order valence-corrected chi connectivity index (χ3v) is 1.91. The number of carboxylic acid groups (broad SMARTS) is 1. The summed E-state index contributed by atoms with van der Waals surface area (Å²) in [7, 11) is 0. The monoisotopic (exact) mass is 188 g/mol. The van der Waals surface area contributed by atoms with Crippen LogP contribution in [0.3, 0.4) is 0 Å². The van der Waals surface area contributed by atoms with Crippen molar-refractivity contribution in [2.75, 3.05) is 19.7 Å². The highest BCUT2D eigenvalue weighted by Crippen LogP contribution is 2.23. The Hall–Kier alpha value is -1.30. The highest BCUT2D eigenvalue weighted by Gasteiger charge is 2.41. The van der Waals surface area contributed by atoms with Crippen LogP contribution >= 0.6 is 0 Å². The molecule has 0 aromatic carbocycles. The maximum Gasteiger partial charge on any atom is 0.329 e. The van der Waals surface area contributed by atoms with Gasteiger partial charge in [0, 0.05) is 0 Å². The van der Waals surface area contributed by atoms with Crippen molar-refractivity contribution in [2.45, 2.75) is 12.5 Å². The number of rotatable bonds is 3. The number of carbonyl (C=O) groups is 2. The lowest BCUT2D eigenvalue weighted by Gasteiger charge is -2.46. The number of nitrogens with zero attached hydrogens (tertiary/aromatic N) is 1. The number of nitrogens with two attached hydrogens (primary N) is 1. The molecule has 1 fully saturated rings. The molecule has 0 unspecified atom stereocenters. The largest absolute Gasteiger partial charge is 0.480 e. The molecule has 74 valence electrons. The fourth-order valence-electron chi connectivity index (χ4n) is 1.24. The standard InChI is InChI=1S/C7H12N2O4/c1-7(13-2-5(10)11)3-9(4-7)6(8)12/h2-4H2,1H3,(H2,8,12)(H,10,11). The van der Waals surface area contributed by atoms with Gasteiger partial charge in [0.1, 0.15) is 12.2 Å². The number of amides is 2. The Morgan fingerprint density at radius 2 is 2.15 bits per heavy atom. The second kappa shape index (κ2) is 3.21. The summed E-state index contributed by atoms with van der Waals surface area (Å²) < 4.78 is 5.06. The van der Waals surface area contributed by atoms with Crippen molar-refractivity contribution in [2.24, 2.45) is 5.73 Å². The molecule has 1 rings (SSSR count). The van der Waals surface area contributed by atoms with Gasteiger partial charge >= 0.3 is 12.0 Å². The first-order valence-electron chi connectivity index (χ1n) is 3.83. The van der Waals surface area contributed by atoms with Crippen molar-refractivity contribution >= 4 is 12.0 Å². The molecule has 0 atom stereocenters. The summed E-state index contributed by atoms with van der Waals surface area (Å²) in [6.45, 7) is 2.11.